The summed E-state index contributed by atoms with van der Waals surface area (Å²) in [5.74, 6) is -0.0663. The standard InChI is InChI=1S/C40H45N7O2/c1-3-44(4-2)25-22-41-39(48)31-18-19-35-32(26-31)28-46(33-10-6-5-7-11-33)38(42-35)30-16-14-29(15-17-30)27-45-23-20-34(21-24-45)47-37-13-9-8-12-36(37)43-40(47)49/h5-19,26,28,34,38H,3-4,20-25,27H2,1-2H3,(H,41,48)(H,43,49). The van der Waals surface area contributed by atoms with Gasteiger partial charge in [0.2, 0.25) is 0 Å². The van der Waals surface area contributed by atoms with Gasteiger partial charge in [-0.3, -0.25) is 19.3 Å². The lowest BCUT2D eigenvalue weighted by molar-refractivity contribution is 0.0948. The number of amides is 1. The van der Waals surface area contributed by atoms with Crippen molar-refractivity contribution in [3.05, 3.63) is 135 Å². The molecule has 2 N–H and O–H groups in total. The van der Waals surface area contributed by atoms with Gasteiger partial charge in [0.15, 0.2) is 6.17 Å². The third kappa shape index (κ3) is 7.09. The lowest BCUT2D eigenvalue weighted by Crippen LogP contribution is -2.39. The Bertz CT molecular complexity index is 2080. The zero-order chi connectivity index (χ0) is 33.7. The van der Waals surface area contributed by atoms with Crippen molar-refractivity contribution in [1.82, 2.24) is 24.7 Å². The fourth-order valence-electron chi connectivity index (χ4n) is 7.18. The van der Waals surface area contributed by atoms with Gasteiger partial charge in [-0.15, -0.1) is 0 Å². The first-order valence-electron chi connectivity index (χ1n) is 17.5. The molecule has 1 unspecified atom stereocenters. The number of aromatic amines is 1. The van der Waals surface area contributed by atoms with Crippen molar-refractivity contribution >= 4 is 28.8 Å². The smallest absolute Gasteiger partial charge is 0.326 e. The Morgan fingerprint density at radius 1 is 0.918 bits per heavy atom. The molecule has 2 aliphatic heterocycles. The van der Waals surface area contributed by atoms with Gasteiger partial charge in [-0.1, -0.05) is 68.4 Å². The van der Waals surface area contributed by atoms with Gasteiger partial charge in [0, 0.05) is 61.4 Å². The Morgan fingerprint density at radius 3 is 2.41 bits per heavy atom. The van der Waals surface area contributed by atoms with Crippen LogP contribution in [0.5, 0.6) is 0 Å². The van der Waals surface area contributed by atoms with E-state index in [1.807, 2.05) is 65.2 Å². The molecule has 0 spiro atoms. The summed E-state index contributed by atoms with van der Waals surface area (Å²) >= 11 is 0. The summed E-state index contributed by atoms with van der Waals surface area (Å²) in [5.41, 5.74) is 5.92. The van der Waals surface area contributed by atoms with E-state index in [-0.39, 0.29) is 23.8 Å². The zero-order valence-electron chi connectivity index (χ0n) is 28.4. The summed E-state index contributed by atoms with van der Waals surface area (Å²) in [6.45, 7) is 10.4. The number of para-hydroxylation sites is 3. The molecule has 9 heteroatoms. The number of H-pyrrole nitrogens is 1. The Labute approximate surface area is 287 Å². The van der Waals surface area contributed by atoms with E-state index in [0.29, 0.717) is 12.1 Å². The minimum Gasteiger partial charge on any atom is -0.351 e. The predicted molar refractivity (Wildman–Crippen MR) is 196 cm³/mol. The fraction of sp³-hybridized carbons (Fsp3) is 0.325. The average Bonchev–Trinajstić information content (AvgIpc) is 3.49. The van der Waals surface area contributed by atoms with Crippen LogP contribution in [0.25, 0.3) is 17.2 Å². The van der Waals surface area contributed by atoms with Gasteiger partial charge in [-0.2, -0.15) is 0 Å². The molecule has 2 aliphatic rings. The van der Waals surface area contributed by atoms with E-state index >= 15 is 0 Å². The van der Waals surface area contributed by atoms with Crippen molar-refractivity contribution in [2.24, 2.45) is 4.99 Å². The van der Waals surface area contributed by atoms with Gasteiger partial charge in [0.05, 0.1) is 16.4 Å². The van der Waals surface area contributed by atoms with Crippen LogP contribution in [0.3, 0.4) is 0 Å². The van der Waals surface area contributed by atoms with E-state index in [2.05, 4.69) is 81.4 Å². The van der Waals surface area contributed by atoms with Crippen molar-refractivity contribution < 1.29 is 4.79 Å². The highest BCUT2D eigenvalue weighted by atomic mass is 16.2. The molecule has 1 saturated heterocycles. The summed E-state index contributed by atoms with van der Waals surface area (Å²) < 4.78 is 1.95. The topological polar surface area (TPSA) is 89.0 Å². The molecule has 0 radical (unpaired) electrons. The van der Waals surface area contributed by atoms with E-state index in [1.54, 1.807) is 0 Å². The summed E-state index contributed by atoms with van der Waals surface area (Å²) in [5, 5.41) is 4.87. The summed E-state index contributed by atoms with van der Waals surface area (Å²) in [7, 11) is 0. The van der Waals surface area contributed by atoms with Crippen LogP contribution < -0.4 is 26.5 Å². The highest BCUT2D eigenvalue weighted by Crippen LogP contribution is 2.30. The second-order valence-corrected chi connectivity index (χ2v) is 13.0. The van der Waals surface area contributed by atoms with E-state index in [1.165, 1.54) is 5.56 Å². The van der Waals surface area contributed by atoms with Crippen molar-refractivity contribution in [3.63, 3.8) is 0 Å². The maximum atomic E-state index is 13.0. The number of nitrogens with one attached hydrogen (secondary N) is 2. The van der Waals surface area contributed by atoms with Gasteiger partial charge in [-0.05, 0) is 79.5 Å². The molecule has 3 heterocycles. The van der Waals surface area contributed by atoms with Crippen LogP contribution in [0.4, 0.5) is 5.69 Å². The fourth-order valence-corrected chi connectivity index (χ4v) is 7.18. The van der Waals surface area contributed by atoms with Gasteiger partial charge in [0.25, 0.3) is 5.91 Å². The molecule has 0 saturated carbocycles. The first kappa shape index (κ1) is 32.6. The molecule has 1 atom stereocenters. The number of fused-ring (bicyclic) bond motifs is 2. The highest BCUT2D eigenvalue weighted by Gasteiger charge is 2.25. The zero-order valence-corrected chi connectivity index (χ0v) is 28.4. The predicted octanol–water partition coefficient (Wildman–Crippen LogP) is 4.81. The summed E-state index contributed by atoms with van der Waals surface area (Å²) in [6, 6.07) is 33.0. The Morgan fingerprint density at radius 2 is 1.65 bits per heavy atom. The summed E-state index contributed by atoms with van der Waals surface area (Å²) in [6.07, 6.45) is 3.78. The number of carbonyl (C=O) groups is 1. The van der Waals surface area contributed by atoms with Crippen molar-refractivity contribution in [3.8, 4) is 0 Å². The Balaban J connectivity index is 1.05. The van der Waals surface area contributed by atoms with Crippen LogP contribution in [-0.2, 0) is 6.54 Å². The lowest BCUT2D eigenvalue weighted by atomic mass is 10.0. The van der Waals surface area contributed by atoms with Crippen LogP contribution in [0.1, 0.15) is 60.4 Å². The molecule has 9 nitrogen and oxygen atoms in total. The maximum absolute atomic E-state index is 13.0. The number of aromatic nitrogens is 2. The van der Waals surface area contributed by atoms with Crippen LogP contribution in [-0.4, -0.2) is 64.5 Å². The first-order chi connectivity index (χ1) is 24.0. The Hall–Kier alpha value is -4.99. The van der Waals surface area contributed by atoms with Crippen LogP contribution in [0.2, 0.25) is 0 Å². The van der Waals surface area contributed by atoms with Crippen molar-refractivity contribution in [2.45, 2.75) is 45.4 Å². The first-order valence-corrected chi connectivity index (χ1v) is 17.5. The largest absolute Gasteiger partial charge is 0.351 e. The quantitative estimate of drug-likeness (QED) is 0.213. The number of benzene rings is 4. The minimum absolute atomic E-state index is 0.0138. The molecule has 1 amide bonds. The molecule has 0 aliphatic carbocycles. The number of likely N-dealkylation sites (tertiary alicyclic amines) is 1. The number of imidazole rings is 1. The van der Waals surface area contributed by atoms with Gasteiger partial charge >= 0.3 is 5.69 Å². The third-order valence-corrected chi connectivity index (χ3v) is 9.99. The molecular formula is C40H45N7O2. The highest BCUT2D eigenvalue weighted by molar-refractivity contribution is 5.94. The van der Waals surface area contributed by atoms with Crippen LogP contribution in [0, 0.1) is 0 Å². The van der Waals surface area contributed by atoms with Crippen LogP contribution >= 0.6 is 0 Å². The number of likely N-dealkylation sites (N-methyl/N-ethyl adjacent to an activating group) is 1. The normalized spacial score (nSPS) is 16.7. The molecular weight excluding hydrogens is 610 g/mol. The molecule has 5 aromatic rings. The SMILES string of the molecule is CCN(CC)CCNC(=O)c1ccc2c(c1)=CN(c1ccccc1)C(c1ccc(CN3CCC(n4c(=O)[nH]c5ccccc54)CC3)cc1)N=2. The molecule has 252 valence electrons. The summed E-state index contributed by atoms with van der Waals surface area (Å²) in [4.78, 5) is 40.9. The third-order valence-electron chi connectivity index (χ3n) is 9.99. The molecule has 49 heavy (non-hydrogen) atoms. The second-order valence-electron chi connectivity index (χ2n) is 13.0. The molecule has 1 aromatic heterocycles. The van der Waals surface area contributed by atoms with Crippen molar-refractivity contribution in [1.29, 1.82) is 0 Å². The molecule has 7 rings (SSSR count). The number of hydrogen-bond acceptors (Lipinski definition) is 6. The van der Waals surface area contributed by atoms with E-state index in [9.17, 15) is 9.59 Å². The van der Waals surface area contributed by atoms with E-state index < -0.39 is 0 Å². The minimum atomic E-state index is -0.233. The maximum Gasteiger partial charge on any atom is 0.326 e. The number of hydrogen-bond donors (Lipinski definition) is 2. The number of piperidine rings is 1. The average molecular weight is 656 g/mol. The van der Waals surface area contributed by atoms with E-state index in [4.69, 9.17) is 4.99 Å². The second kappa shape index (κ2) is 14.6. The van der Waals surface area contributed by atoms with Gasteiger partial charge < -0.3 is 20.1 Å². The monoisotopic (exact) mass is 655 g/mol. The molecule has 4 aromatic carbocycles. The molecule has 0 bridgehead atoms. The van der Waals surface area contributed by atoms with Gasteiger partial charge in [-0.25, -0.2) is 4.79 Å². The Kier molecular flexibility index (Phi) is 9.72. The number of anilines is 1. The lowest BCUT2D eigenvalue weighted by Gasteiger charge is -2.33. The van der Waals surface area contributed by atoms with E-state index in [0.717, 1.165) is 85.0 Å². The number of nitrogens with zero attached hydrogens (tertiary/aromatic N) is 5. The molecule has 1 fully saturated rings. The van der Waals surface area contributed by atoms with Crippen LogP contribution in [0.15, 0.2) is 107 Å². The van der Waals surface area contributed by atoms with Gasteiger partial charge in [0.1, 0.15) is 0 Å². The number of carbonyl (C=O) groups excluding carboxylic acids is 1. The van der Waals surface area contributed by atoms with Crippen molar-refractivity contribution in [2.75, 3.05) is 44.2 Å². The number of rotatable bonds is 11.